The van der Waals surface area contributed by atoms with Crippen LogP contribution in [0.2, 0.25) is 0 Å². The van der Waals surface area contributed by atoms with Gasteiger partial charge >= 0.3 is 0 Å². The van der Waals surface area contributed by atoms with E-state index < -0.39 is 0 Å². The molecule has 3 heteroatoms. The summed E-state index contributed by atoms with van der Waals surface area (Å²) in [4.78, 5) is 3.97. The molecule has 0 unspecified atom stereocenters. The quantitative estimate of drug-likeness (QED) is 0.717. The molecule has 0 bridgehead atoms. The number of aryl methyl sites for hydroxylation is 1. The van der Waals surface area contributed by atoms with Crippen molar-refractivity contribution in [1.82, 2.24) is 14.8 Å². The predicted octanol–water partition coefficient (Wildman–Crippen LogP) is 2.13. The van der Waals surface area contributed by atoms with Gasteiger partial charge in [-0.3, -0.25) is 9.67 Å². The summed E-state index contributed by atoms with van der Waals surface area (Å²) in [6.07, 6.45) is 7.28. The summed E-state index contributed by atoms with van der Waals surface area (Å²) in [7, 11) is 1.90. The van der Waals surface area contributed by atoms with Gasteiger partial charge in [0.1, 0.15) is 0 Å². The van der Waals surface area contributed by atoms with Gasteiger partial charge in [0.2, 0.25) is 0 Å². The lowest BCUT2D eigenvalue weighted by molar-refractivity contribution is 0.770. The van der Waals surface area contributed by atoms with Crippen molar-refractivity contribution in [3.05, 3.63) is 42.9 Å². The molecular formula is C11H11N3. The van der Waals surface area contributed by atoms with Crippen LogP contribution in [0.4, 0.5) is 0 Å². The highest BCUT2D eigenvalue weighted by molar-refractivity contribution is 5.70. The van der Waals surface area contributed by atoms with Crippen LogP contribution in [0.1, 0.15) is 5.56 Å². The number of hydrogen-bond acceptors (Lipinski definition) is 2. The van der Waals surface area contributed by atoms with Gasteiger partial charge in [-0.1, -0.05) is 12.7 Å². The lowest BCUT2D eigenvalue weighted by Gasteiger charge is -1.96. The van der Waals surface area contributed by atoms with Gasteiger partial charge in [0.05, 0.1) is 5.69 Å². The molecule has 14 heavy (non-hydrogen) atoms. The Morgan fingerprint density at radius 3 is 2.71 bits per heavy atom. The summed E-state index contributed by atoms with van der Waals surface area (Å²) >= 11 is 0. The zero-order valence-corrected chi connectivity index (χ0v) is 8.01. The van der Waals surface area contributed by atoms with E-state index in [2.05, 4.69) is 16.7 Å². The van der Waals surface area contributed by atoms with Crippen LogP contribution in [0.5, 0.6) is 0 Å². The molecule has 0 spiro atoms. The fourth-order valence-corrected chi connectivity index (χ4v) is 1.39. The Morgan fingerprint density at radius 2 is 2.07 bits per heavy atom. The van der Waals surface area contributed by atoms with Crippen LogP contribution < -0.4 is 0 Å². The number of aromatic nitrogens is 3. The van der Waals surface area contributed by atoms with Crippen LogP contribution in [-0.4, -0.2) is 14.8 Å². The molecule has 0 saturated heterocycles. The highest BCUT2D eigenvalue weighted by atomic mass is 15.2. The molecule has 0 amide bonds. The Hall–Kier alpha value is -1.90. The third-order valence-corrected chi connectivity index (χ3v) is 2.03. The van der Waals surface area contributed by atoms with E-state index in [4.69, 9.17) is 0 Å². The second-order valence-corrected chi connectivity index (χ2v) is 3.05. The molecule has 2 aromatic heterocycles. The smallest absolute Gasteiger partial charge is 0.0996 e. The number of nitrogens with zero attached hydrogens (tertiary/aromatic N) is 3. The molecule has 3 nitrogen and oxygen atoms in total. The Labute approximate surface area is 82.7 Å². The highest BCUT2D eigenvalue weighted by Crippen LogP contribution is 2.21. The summed E-state index contributed by atoms with van der Waals surface area (Å²) in [5.74, 6) is 0. The Balaban J connectivity index is 2.56. The lowest BCUT2D eigenvalue weighted by atomic mass is 10.1. The summed E-state index contributed by atoms with van der Waals surface area (Å²) < 4.78 is 1.78. The van der Waals surface area contributed by atoms with Crippen molar-refractivity contribution >= 4 is 6.08 Å². The topological polar surface area (TPSA) is 30.7 Å². The van der Waals surface area contributed by atoms with Gasteiger partial charge < -0.3 is 0 Å². The third kappa shape index (κ3) is 1.44. The molecule has 0 radical (unpaired) electrons. The molecule has 0 aromatic carbocycles. The average molecular weight is 185 g/mol. The van der Waals surface area contributed by atoms with Gasteiger partial charge in [-0.05, 0) is 12.1 Å². The number of pyridine rings is 1. The Morgan fingerprint density at radius 1 is 1.36 bits per heavy atom. The third-order valence-electron chi connectivity index (χ3n) is 2.03. The van der Waals surface area contributed by atoms with E-state index in [1.807, 2.05) is 31.5 Å². The summed E-state index contributed by atoms with van der Waals surface area (Å²) in [5.41, 5.74) is 3.05. The maximum absolute atomic E-state index is 4.37. The molecule has 0 fully saturated rings. The first-order valence-electron chi connectivity index (χ1n) is 4.38. The molecule has 70 valence electrons. The summed E-state index contributed by atoms with van der Waals surface area (Å²) in [5, 5.41) is 4.37. The minimum absolute atomic E-state index is 0.949. The Kier molecular flexibility index (Phi) is 2.14. The lowest BCUT2D eigenvalue weighted by Crippen LogP contribution is -1.87. The van der Waals surface area contributed by atoms with E-state index >= 15 is 0 Å². The van der Waals surface area contributed by atoms with Crippen molar-refractivity contribution in [3.63, 3.8) is 0 Å². The minimum atomic E-state index is 0.949. The fraction of sp³-hybridized carbons (Fsp3) is 0.0909. The van der Waals surface area contributed by atoms with E-state index in [1.54, 1.807) is 17.1 Å². The van der Waals surface area contributed by atoms with E-state index in [0.29, 0.717) is 0 Å². The maximum atomic E-state index is 4.37. The molecule has 0 aliphatic carbocycles. The molecule has 0 N–H and O–H groups in total. The second kappa shape index (κ2) is 3.46. The van der Waals surface area contributed by atoms with Crippen molar-refractivity contribution in [2.24, 2.45) is 7.05 Å². The van der Waals surface area contributed by atoms with Crippen LogP contribution >= 0.6 is 0 Å². The van der Waals surface area contributed by atoms with E-state index in [1.165, 1.54) is 0 Å². The first kappa shape index (κ1) is 8.69. The Bertz CT molecular complexity index is 443. The van der Waals surface area contributed by atoms with Gasteiger partial charge in [0, 0.05) is 36.8 Å². The van der Waals surface area contributed by atoms with Crippen molar-refractivity contribution in [2.75, 3.05) is 0 Å². The minimum Gasteiger partial charge on any atom is -0.275 e. The molecule has 0 aliphatic rings. The van der Waals surface area contributed by atoms with Crippen molar-refractivity contribution in [3.8, 4) is 11.3 Å². The molecular weight excluding hydrogens is 174 g/mol. The van der Waals surface area contributed by atoms with Crippen LogP contribution in [-0.2, 0) is 7.05 Å². The molecule has 0 saturated carbocycles. The number of hydrogen-bond donors (Lipinski definition) is 0. The zero-order chi connectivity index (χ0) is 9.97. The van der Waals surface area contributed by atoms with Gasteiger partial charge in [-0.15, -0.1) is 0 Å². The van der Waals surface area contributed by atoms with Crippen molar-refractivity contribution in [1.29, 1.82) is 0 Å². The SMILES string of the molecule is C=Cc1cn(C)nc1-c1ccncc1. The molecule has 0 aliphatic heterocycles. The maximum Gasteiger partial charge on any atom is 0.0996 e. The number of rotatable bonds is 2. The molecule has 0 atom stereocenters. The van der Waals surface area contributed by atoms with Crippen LogP contribution in [0.15, 0.2) is 37.3 Å². The zero-order valence-electron chi connectivity index (χ0n) is 8.01. The van der Waals surface area contributed by atoms with Crippen molar-refractivity contribution < 1.29 is 0 Å². The highest BCUT2D eigenvalue weighted by Gasteiger charge is 2.06. The first-order chi connectivity index (χ1) is 6.81. The fourth-order valence-electron chi connectivity index (χ4n) is 1.39. The molecule has 2 rings (SSSR count). The summed E-state index contributed by atoms with van der Waals surface area (Å²) in [6, 6.07) is 3.88. The van der Waals surface area contributed by atoms with E-state index in [9.17, 15) is 0 Å². The average Bonchev–Trinajstić information content (AvgIpc) is 2.61. The first-order valence-corrected chi connectivity index (χ1v) is 4.38. The van der Waals surface area contributed by atoms with Crippen LogP contribution in [0.25, 0.3) is 17.3 Å². The summed E-state index contributed by atoms with van der Waals surface area (Å²) in [6.45, 7) is 3.76. The van der Waals surface area contributed by atoms with Gasteiger partial charge in [0.15, 0.2) is 0 Å². The van der Waals surface area contributed by atoms with Crippen molar-refractivity contribution in [2.45, 2.75) is 0 Å². The standard InChI is InChI=1S/C11H11N3/c1-3-9-8-14(2)13-11(9)10-4-6-12-7-5-10/h3-8H,1H2,2H3. The van der Waals surface area contributed by atoms with Gasteiger partial charge in [0.25, 0.3) is 0 Å². The van der Waals surface area contributed by atoms with Crippen LogP contribution in [0, 0.1) is 0 Å². The van der Waals surface area contributed by atoms with Gasteiger partial charge in [-0.2, -0.15) is 5.10 Å². The van der Waals surface area contributed by atoms with Gasteiger partial charge in [-0.25, -0.2) is 0 Å². The normalized spacial score (nSPS) is 10.1. The molecule has 2 heterocycles. The largest absolute Gasteiger partial charge is 0.275 e. The van der Waals surface area contributed by atoms with E-state index in [0.717, 1.165) is 16.8 Å². The monoisotopic (exact) mass is 185 g/mol. The second-order valence-electron chi connectivity index (χ2n) is 3.05. The predicted molar refractivity (Wildman–Crippen MR) is 56.5 cm³/mol. The van der Waals surface area contributed by atoms with E-state index in [-0.39, 0.29) is 0 Å². The van der Waals surface area contributed by atoms with Crippen LogP contribution in [0.3, 0.4) is 0 Å². The molecule has 2 aromatic rings.